The predicted molar refractivity (Wildman–Crippen MR) is 95.3 cm³/mol. The van der Waals surface area contributed by atoms with Crippen molar-refractivity contribution in [2.45, 2.75) is 31.7 Å². The van der Waals surface area contributed by atoms with Crippen LogP contribution in [0.5, 0.6) is 0 Å². The molecule has 2 atom stereocenters. The molecule has 4 aliphatic rings. The number of amides is 1. The molecule has 25 heavy (non-hydrogen) atoms. The summed E-state index contributed by atoms with van der Waals surface area (Å²) in [6.45, 7) is 2.95. The van der Waals surface area contributed by atoms with Gasteiger partial charge in [0.2, 0.25) is 0 Å². The molecule has 2 bridgehead atoms. The van der Waals surface area contributed by atoms with E-state index in [-0.39, 0.29) is 17.9 Å². The van der Waals surface area contributed by atoms with Gasteiger partial charge in [0.1, 0.15) is 0 Å². The second-order valence-corrected chi connectivity index (χ2v) is 9.24. The molecule has 0 radical (unpaired) electrons. The van der Waals surface area contributed by atoms with E-state index in [9.17, 15) is 13.2 Å². The number of hydrogen-bond acceptors (Lipinski definition) is 3. The summed E-state index contributed by atoms with van der Waals surface area (Å²) in [7, 11) is -3.40. The molecule has 1 amide bonds. The third-order valence-electron chi connectivity index (χ3n) is 5.66. The van der Waals surface area contributed by atoms with E-state index < -0.39 is 10.2 Å². The van der Waals surface area contributed by atoms with E-state index in [4.69, 9.17) is 0 Å². The highest BCUT2D eigenvalue weighted by Crippen LogP contribution is 2.32. The van der Waals surface area contributed by atoms with Gasteiger partial charge in [-0.1, -0.05) is 18.2 Å². The molecule has 0 spiro atoms. The fourth-order valence-corrected chi connectivity index (χ4v) is 6.28. The van der Waals surface area contributed by atoms with E-state index in [0.717, 1.165) is 25.7 Å². The monoisotopic (exact) mass is 363 g/mol. The Bertz CT molecular complexity index is 731. The van der Waals surface area contributed by atoms with Crippen molar-refractivity contribution in [2.75, 3.05) is 32.7 Å². The van der Waals surface area contributed by atoms with Gasteiger partial charge in [0.05, 0.1) is 0 Å². The average Bonchev–Trinajstić information content (AvgIpc) is 3.03. The van der Waals surface area contributed by atoms with Gasteiger partial charge in [-0.2, -0.15) is 17.0 Å². The molecule has 0 N–H and O–H groups in total. The third kappa shape index (κ3) is 3.20. The zero-order valence-corrected chi connectivity index (χ0v) is 15.2. The first-order chi connectivity index (χ1) is 12.1. The molecule has 136 valence electrons. The highest BCUT2D eigenvalue weighted by molar-refractivity contribution is 7.86. The van der Waals surface area contributed by atoms with Gasteiger partial charge in [0, 0.05) is 44.3 Å². The van der Waals surface area contributed by atoms with Gasteiger partial charge in [-0.05, 0) is 43.7 Å². The van der Waals surface area contributed by atoms with E-state index in [1.165, 1.54) is 0 Å². The lowest BCUT2D eigenvalue weighted by molar-refractivity contribution is 0.0745. The molecule has 4 heterocycles. The third-order valence-corrected chi connectivity index (χ3v) is 7.72. The SMILES string of the molecule is O=C(c1ccccc1)N1C[C@H]2CC[C@@H](C1)N(S(=O)(=O)N1CCCC1)C2. The Labute approximate surface area is 149 Å². The van der Waals surface area contributed by atoms with Crippen molar-refractivity contribution >= 4 is 16.1 Å². The highest BCUT2D eigenvalue weighted by atomic mass is 32.2. The van der Waals surface area contributed by atoms with Crippen LogP contribution in [0, 0.1) is 5.92 Å². The van der Waals surface area contributed by atoms with Crippen LogP contribution in [0.25, 0.3) is 0 Å². The fraction of sp³-hybridized carbons (Fsp3) is 0.611. The number of hydrogen-bond donors (Lipinski definition) is 0. The molecule has 0 saturated carbocycles. The van der Waals surface area contributed by atoms with Gasteiger partial charge in [-0.25, -0.2) is 0 Å². The Morgan fingerprint density at radius 1 is 0.960 bits per heavy atom. The zero-order chi connectivity index (χ0) is 17.4. The van der Waals surface area contributed by atoms with Crippen LogP contribution in [-0.2, 0) is 10.2 Å². The second kappa shape index (κ2) is 6.70. The Morgan fingerprint density at radius 3 is 2.40 bits per heavy atom. The van der Waals surface area contributed by atoms with Gasteiger partial charge in [0.25, 0.3) is 16.1 Å². The van der Waals surface area contributed by atoms with E-state index in [1.807, 2.05) is 35.2 Å². The van der Waals surface area contributed by atoms with Crippen molar-refractivity contribution in [3.05, 3.63) is 35.9 Å². The lowest BCUT2D eigenvalue weighted by Crippen LogP contribution is -2.52. The molecule has 4 saturated heterocycles. The molecule has 1 aromatic rings. The van der Waals surface area contributed by atoms with Gasteiger partial charge in [-0.15, -0.1) is 0 Å². The van der Waals surface area contributed by atoms with Crippen LogP contribution in [0.2, 0.25) is 0 Å². The minimum absolute atomic E-state index is 0.0120. The standard InChI is InChI=1S/C18H25N3O3S/c22-18(16-6-2-1-3-7-16)19-12-15-8-9-17(14-19)21(13-15)25(23,24)20-10-4-5-11-20/h1-3,6-7,15,17H,4-5,8-14H2/t15-,17+/m1/s1. The summed E-state index contributed by atoms with van der Waals surface area (Å²) >= 11 is 0. The summed E-state index contributed by atoms with van der Waals surface area (Å²) in [6.07, 6.45) is 3.73. The minimum Gasteiger partial charge on any atom is -0.337 e. The first kappa shape index (κ1) is 17.0. The Kier molecular flexibility index (Phi) is 4.56. The Morgan fingerprint density at radius 2 is 1.68 bits per heavy atom. The first-order valence-corrected chi connectivity index (χ1v) is 10.6. The van der Waals surface area contributed by atoms with Crippen molar-refractivity contribution in [3.8, 4) is 0 Å². The molecule has 6 nitrogen and oxygen atoms in total. The van der Waals surface area contributed by atoms with E-state index >= 15 is 0 Å². The van der Waals surface area contributed by atoms with Crippen LogP contribution in [0.4, 0.5) is 0 Å². The summed E-state index contributed by atoms with van der Waals surface area (Å²) < 4.78 is 29.4. The lowest BCUT2D eigenvalue weighted by Gasteiger charge is -2.37. The maximum Gasteiger partial charge on any atom is 0.282 e. The molecule has 5 rings (SSSR count). The molecule has 7 heteroatoms. The van der Waals surface area contributed by atoms with E-state index in [0.29, 0.717) is 38.3 Å². The van der Waals surface area contributed by atoms with Gasteiger partial charge in [0.15, 0.2) is 0 Å². The number of rotatable bonds is 3. The highest BCUT2D eigenvalue weighted by Gasteiger charge is 2.44. The first-order valence-electron chi connectivity index (χ1n) is 9.17. The molecule has 0 aliphatic carbocycles. The molecule has 0 unspecified atom stereocenters. The molecule has 1 aromatic carbocycles. The Hall–Kier alpha value is -1.44. The minimum atomic E-state index is -3.40. The van der Waals surface area contributed by atoms with Crippen LogP contribution < -0.4 is 0 Å². The van der Waals surface area contributed by atoms with Crippen LogP contribution in [0.15, 0.2) is 30.3 Å². The van der Waals surface area contributed by atoms with E-state index in [2.05, 4.69) is 0 Å². The van der Waals surface area contributed by atoms with Crippen molar-refractivity contribution in [2.24, 2.45) is 5.92 Å². The van der Waals surface area contributed by atoms with Crippen LogP contribution >= 0.6 is 0 Å². The predicted octanol–water partition coefficient (Wildman–Crippen LogP) is 1.56. The summed E-state index contributed by atoms with van der Waals surface area (Å²) in [6, 6.07) is 9.18. The van der Waals surface area contributed by atoms with Crippen molar-refractivity contribution in [3.63, 3.8) is 0 Å². The van der Waals surface area contributed by atoms with E-state index in [1.54, 1.807) is 8.61 Å². The Balaban J connectivity index is 1.55. The quantitative estimate of drug-likeness (QED) is 0.819. The molecule has 4 aliphatic heterocycles. The average molecular weight is 363 g/mol. The summed E-state index contributed by atoms with van der Waals surface area (Å²) in [5.74, 6) is 0.238. The smallest absolute Gasteiger partial charge is 0.282 e. The number of benzene rings is 1. The van der Waals surface area contributed by atoms with Crippen molar-refractivity contribution in [1.29, 1.82) is 0 Å². The van der Waals surface area contributed by atoms with Gasteiger partial charge in [-0.3, -0.25) is 4.79 Å². The summed E-state index contributed by atoms with van der Waals surface area (Å²) in [5, 5.41) is 0. The number of fused-ring (bicyclic) bond motifs is 4. The largest absolute Gasteiger partial charge is 0.337 e. The zero-order valence-electron chi connectivity index (χ0n) is 14.4. The molecular weight excluding hydrogens is 338 g/mol. The maximum atomic E-state index is 13.0. The fourth-order valence-electron chi connectivity index (χ4n) is 4.32. The number of nitrogens with zero attached hydrogens (tertiary/aromatic N) is 3. The van der Waals surface area contributed by atoms with Crippen molar-refractivity contribution in [1.82, 2.24) is 13.5 Å². The van der Waals surface area contributed by atoms with Gasteiger partial charge < -0.3 is 4.90 Å². The van der Waals surface area contributed by atoms with Crippen LogP contribution in [-0.4, -0.2) is 66.6 Å². The van der Waals surface area contributed by atoms with Gasteiger partial charge >= 0.3 is 0 Å². The molecule has 4 fully saturated rings. The second-order valence-electron chi connectivity index (χ2n) is 7.36. The number of carbonyl (C=O) groups is 1. The maximum absolute atomic E-state index is 13.0. The topological polar surface area (TPSA) is 60.9 Å². The summed E-state index contributed by atoms with van der Waals surface area (Å²) in [5.41, 5.74) is 0.678. The normalized spacial score (nSPS) is 28.2. The number of piperidine rings is 1. The molecule has 0 aromatic heterocycles. The lowest BCUT2D eigenvalue weighted by atomic mass is 9.97. The van der Waals surface area contributed by atoms with Crippen molar-refractivity contribution < 1.29 is 13.2 Å². The van der Waals surface area contributed by atoms with Crippen LogP contribution in [0.3, 0.4) is 0 Å². The molecular formula is C18H25N3O3S. The van der Waals surface area contributed by atoms with Crippen LogP contribution in [0.1, 0.15) is 36.0 Å². The number of carbonyl (C=O) groups excluding carboxylic acids is 1. The summed E-state index contributed by atoms with van der Waals surface area (Å²) in [4.78, 5) is 14.7.